The quantitative estimate of drug-likeness (QED) is 0.685. The number of aromatic amines is 1. The molecule has 0 radical (unpaired) electrons. The number of nitrogens with one attached hydrogen (secondary N) is 1. The van der Waals surface area contributed by atoms with Gasteiger partial charge < -0.3 is 9.63 Å². The standard InChI is InChI=1S/C13H10N2O3/c1-7-9-11(16)10(8-5-3-2-4-6-8)12(17)14-13(9)18-15-7/h2-6H,1H3,(H2,14,16,17). The lowest BCUT2D eigenvalue weighted by Crippen LogP contribution is -2.08. The first-order chi connectivity index (χ1) is 8.68. The van der Waals surface area contributed by atoms with E-state index in [0.29, 0.717) is 16.6 Å². The van der Waals surface area contributed by atoms with E-state index in [4.69, 9.17) is 4.52 Å². The third-order valence-electron chi connectivity index (χ3n) is 2.85. The molecule has 0 unspecified atom stereocenters. The highest BCUT2D eigenvalue weighted by atomic mass is 16.5. The molecule has 90 valence electrons. The summed E-state index contributed by atoms with van der Waals surface area (Å²) in [4.78, 5) is 14.5. The van der Waals surface area contributed by atoms with Crippen LogP contribution in [0.15, 0.2) is 39.6 Å². The van der Waals surface area contributed by atoms with Gasteiger partial charge >= 0.3 is 0 Å². The maximum Gasteiger partial charge on any atom is 0.262 e. The highest BCUT2D eigenvalue weighted by Gasteiger charge is 2.18. The Labute approximate surface area is 102 Å². The molecule has 0 fully saturated rings. The SMILES string of the molecule is Cc1noc2[nH]c(=O)c(-c3ccccc3)c(O)c12. The van der Waals surface area contributed by atoms with Crippen LogP contribution in [-0.4, -0.2) is 15.2 Å². The van der Waals surface area contributed by atoms with E-state index in [1.165, 1.54) is 0 Å². The number of pyridine rings is 1. The third kappa shape index (κ3) is 1.41. The topological polar surface area (TPSA) is 79.1 Å². The second-order valence-corrected chi connectivity index (χ2v) is 4.02. The Balaban J connectivity index is 2.43. The molecule has 5 nitrogen and oxygen atoms in total. The molecule has 18 heavy (non-hydrogen) atoms. The van der Waals surface area contributed by atoms with E-state index >= 15 is 0 Å². The van der Waals surface area contributed by atoms with Gasteiger partial charge in [-0.3, -0.25) is 9.78 Å². The fourth-order valence-corrected chi connectivity index (χ4v) is 2.00. The first-order valence-electron chi connectivity index (χ1n) is 5.45. The molecule has 0 aliphatic rings. The smallest absolute Gasteiger partial charge is 0.262 e. The summed E-state index contributed by atoms with van der Waals surface area (Å²) in [5.74, 6) is -0.0984. The fourth-order valence-electron chi connectivity index (χ4n) is 2.00. The Hall–Kier alpha value is -2.56. The molecule has 0 saturated heterocycles. The summed E-state index contributed by atoms with van der Waals surface area (Å²) in [5, 5.41) is 14.4. The number of aromatic hydroxyl groups is 1. The van der Waals surface area contributed by atoms with E-state index < -0.39 is 5.56 Å². The Morgan fingerprint density at radius 3 is 2.72 bits per heavy atom. The van der Waals surface area contributed by atoms with Crippen LogP contribution in [0.3, 0.4) is 0 Å². The molecule has 3 rings (SSSR count). The van der Waals surface area contributed by atoms with Gasteiger partial charge in [-0.1, -0.05) is 35.5 Å². The van der Waals surface area contributed by atoms with Crippen molar-refractivity contribution in [1.29, 1.82) is 0 Å². The van der Waals surface area contributed by atoms with Crippen molar-refractivity contribution in [2.45, 2.75) is 6.92 Å². The predicted octanol–water partition coefficient (Wildman–Crippen LogP) is 2.20. The van der Waals surface area contributed by atoms with Crippen molar-refractivity contribution in [3.05, 3.63) is 46.4 Å². The lowest BCUT2D eigenvalue weighted by molar-refractivity contribution is 0.441. The van der Waals surface area contributed by atoms with Crippen molar-refractivity contribution in [3.63, 3.8) is 0 Å². The summed E-state index contributed by atoms with van der Waals surface area (Å²) in [5.41, 5.74) is 1.21. The fraction of sp³-hybridized carbons (Fsp3) is 0.0769. The van der Waals surface area contributed by atoms with Crippen molar-refractivity contribution in [2.24, 2.45) is 0 Å². The summed E-state index contributed by atoms with van der Waals surface area (Å²) in [6.45, 7) is 1.71. The number of aromatic nitrogens is 2. The van der Waals surface area contributed by atoms with Gasteiger partial charge in [0.25, 0.3) is 5.56 Å². The largest absolute Gasteiger partial charge is 0.506 e. The van der Waals surface area contributed by atoms with Gasteiger partial charge in [0.1, 0.15) is 11.1 Å². The first-order valence-corrected chi connectivity index (χ1v) is 5.45. The number of rotatable bonds is 1. The Bertz CT molecular complexity index is 772. The predicted molar refractivity (Wildman–Crippen MR) is 66.5 cm³/mol. The second kappa shape index (κ2) is 3.73. The number of aryl methyl sites for hydroxylation is 1. The van der Waals surface area contributed by atoms with Gasteiger partial charge in [0.05, 0.1) is 11.3 Å². The van der Waals surface area contributed by atoms with Crippen LogP contribution in [0.25, 0.3) is 22.2 Å². The monoisotopic (exact) mass is 242 g/mol. The number of hydrogen-bond donors (Lipinski definition) is 2. The molecule has 5 heteroatoms. The highest BCUT2D eigenvalue weighted by Crippen LogP contribution is 2.33. The maximum absolute atomic E-state index is 12.0. The van der Waals surface area contributed by atoms with Crippen molar-refractivity contribution >= 4 is 11.1 Å². The van der Waals surface area contributed by atoms with Crippen molar-refractivity contribution in [3.8, 4) is 16.9 Å². The molecule has 0 saturated carbocycles. The van der Waals surface area contributed by atoms with Crippen LogP contribution in [0, 0.1) is 6.92 Å². The lowest BCUT2D eigenvalue weighted by atomic mass is 10.0. The summed E-state index contributed by atoms with van der Waals surface area (Å²) < 4.78 is 4.94. The van der Waals surface area contributed by atoms with Crippen LogP contribution in [0.1, 0.15) is 5.69 Å². The summed E-state index contributed by atoms with van der Waals surface area (Å²) in [6.07, 6.45) is 0. The minimum absolute atomic E-state index is 0.0984. The first kappa shape index (κ1) is 10.6. The van der Waals surface area contributed by atoms with E-state index in [9.17, 15) is 9.90 Å². The third-order valence-corrected chi connectivity index (χ3v) is 2.85. The maximum atomic E-state index is 12.0. The van der Waals surface area contributed by atoms with Crippen LogP contribution in [-0.2, 0) is 0 Å². The van der Waals surface area contributed by atoms with Crippen LogP contribution in [0.4, 0.5) is 0 Å². The summed E-state index contributed by atoms with van der Waals surface area (Å²) in [6, 6.07) is 8.98. The van der Waals surface area contributed by atoms with Gasteiger partial charge in [0.2, 0.25) is 5.71 Å². The molecule has 3 aromatic rings. The molecule has 1 aromatic carbocycles. The zero-order valence-electron chi connectivity index (χ0n) is 9.60. The van der Waals surface area contributed by atoms with Crippen molar-refractivity contribution in [1.82, 2.24) is 10.1 Å². The number of hydrogen-bond acceptors (Lipinski definition) is 4. The zero-order valence-corrected chi connectivity index (χ0v) is 9.60. The lowest BCUT2D eigenvalue weighted by Gasteiger charge is -2.04. The molecule has 0 spiro atoms. The molecular weight excluding hydrogens is 232 g/mol. The Morgan fingerprint density at radius 2 is 2.00 bits per heavy atom. The normalized spacial score (nSPS) is 10.9. The van der Waals surface area contributed by atoms with Gasteiger partial charge in [0, 0.05) is 0 Å². The van der Waals surface area contributed by atoms with Crippen LogP contribution in [0.5, 0.6) is 5.75 Å². The average molecular weight is 242 g/mol. The number of nitrogens with zero attached hydrogens (tertiary/aromatic N) is 1. The van der Waals surface area contributed by atoms with Crippen LogP contribution < -0.4 is 5.56 Å². The van der Waals surface area contributed by atoms with Crippen LogP contribution in [0.2, 0.25) is 0 Å². The van der Waals surface area contributed by atoms with Crippen molar-refractivity contribution in [2.75, 3.05) is 0 Å². The molecule has 2 N–H and O–H groups in total. The van der Waals surface area contributed by atoms with Gasteiger partial charge in [-0.05, 0) is 12.5 Å². The molecule has 0 amide bonds. The number of H-pyrrole nitrogens is 1. The van der Waals surface area contributed by atoms with Gasteiger partial charge in [-0.15, -0.1) is 0 Å². The van der Waals surface area contributed by atoms with Gasteiger partial charge in [-0.2, -0.15) is 0 Å². The summed E-state index contributed by atoms with van der Waals surface area (Å²) in [7, 11) is 0. The molecular formula is C13H10N2O3. The van der Waals surface area contributed by atoms with E-state index in [1.54, 1.807) is 31.2 Å². The minimum Gasteiger partial charge on any atom is -0.506 e. The number of fused-ring (bicyclic) bond motifs is 1. The molecule has 0 bridgehead atoms. The van der Waals surface area contributed by atoms with Crippen LogP contribution >= 0.6 is 0 Å². The minimum atomic E-state index is -0.401. The second-order valence-electron chi connectivity index (χ2n) is 4.02. The zero-order chi connectivity index (χ0) is 12.7. The van der Waals surface area contributed by atoms with E-state index in [0.717, 1.165) is 0 Å². The highest BCUT2D eigenvalue weighted by molar-refractivity contribution is 5.90. The molecule has 2 heterocycles. The van der Waals surface area contributed by atoms with E-state index in [-0.39, 0.29) is 17.0 Å². The average Bonchev–Trinajstić information content (AvgIpc) is 2.72. The van der Waals surface area contributed by atoms with Gasteiger partial charge in [0.15, 0.2) is 0 Å². The Kier molecular flexibility index (Phi) is 2.19. The molecule has 0 atom stereocenters. The van der Waals surface area contributed by atoms with Crippen molar-refractivity contribution < 1.29 is 9.63 Å². The van der Waals surface area contributed by atoms with Gasteiger partial charge in [-0.25, -0.2) is 0 Å². The molecule has 0 aliphatic carbocycles. The van der Waals surface area contributed by atoms with E-state index in [2.05, 4.69) is 10.1 Å². The summed E-state index contributed by atoms with van der Waals surface area (Å²) >= 11 is 0. The molecule has 0 aliphatic heterocycles. The molecule has 2 aromatic heterocycles. The Morgan fingerprint density at radius 1 is 1.28 bits per heavy atom. The van der Waals surface area contributed by atoms with E-state index in [1.807, 2.05) is 6.07 Å². The number of benzene rings is 1.